The van der Waals surface area contributed by atoms with Crippen molar-refractivity contribution in [3.63, 3.8) is 0 Å². The summed E-state index contributed by atoms with van der Waals surface area (Å²) in [5.41, 5.74) is 0. The lowest BCUT2D eigenvalue weighted by molar-refractivity contribution is 0.250. The molecule has 0 bridgehead atoms. The maximum Gasteiger partial charge on any atom is 0.00624 e. The summed E-state index contributed by atoms with van der Waals surface area (Å²) >= 11 is 3.75. The van der Waals surface area contributed by atoms with Crippen LogP contribution in [0.2, 0.25) is 0 Å². The first kappa shape index (κ1) is 12.0. The van der Waals surface area contributed by atoms with Crippen LogP contribution in [0.25, 0.3) is 0 Å². The Morgan fingerprint density at radius 2 is 1.47 bits per heavy atom. The van der Waals surface area contributed by atoms with E-state index in [9.17, 15) is 0 Å². The van der Waals surface area contributed by atoms with Crippen molar-refractivity contribution >= 4 is 15.9 Å². The predicted molar refractivity (Wildman–Crippen MR) is 70.4 cm³/mol. The summed E-state index contributed by atoms with van der Waals surface area (Å²) in [6.07, 6.45) is 15.1. The Bertz CT molecular complexity index is 166. The first-order valence-electron chi connectivity index (χ1n) is 6.96. The van der Waals surface area contributed by atoms with E-state index in [1.807, 2.05) is 0 Å². The fourth-order valence-electron chi connectivity index (χ4n) is 3.66. The van der Waals surface area contributed by atoms with Gasteiger partial charge in [0.25, 0.3) is 0 Å². The summed E-state index contributed by atoms with van der Waals surface area (Å²) in [4.78, 5) is 0. The van der Waals surface area contributed by atoms with Gasteiger partial charge in [0.2, 0.25) is 0 Å². The Morgan fingerprint density at radius 3 is 2.07 bits per heavy atom. The average molecular weight is 273 g/mol. The molecule has 88 valence electrons. The summed E-state index contributed by atoms with van der Waals surface area (Å²) < 4.78 is 0. The van der Waals surface area contributed by atoms with Gasteiger partial charge in [-0.05, 0) is 24.2 Å². The minimum absolute atomic E-state index is 0.996. The molecule has 0 heterocycles. The molecule has 0 aliphatic heterocycles. The molecule has 2 aliphatic carbocycles. The monoisotopic (exact) mass is 272 g/mol. The van der Waals surface area contributed by atoms with Gasteiger partial charge in [-0.2, -0.15) is 0 Å². The van der Waals surface area contributed by atoms with E-state index in [2.05, 4.69) is 15.9 Å². The minimum atomic E-state index is 0.996. The zero-order valence-electron chi connectivity index (χ0n) is 9.89. The molecular formula is C14H25Br. The first-order valence-corrected chi connectivity index (χ1v) is 8.08. The smallest absolute Gasteiger partial charge is 0.00624 e. The third-order valence-electron chi connectivity index (χ3n) is 4.63. The van der Waals surface area contributed by atoms with Crippen LogP contribution in [0.3, 0.4) is 0 Å². The summed E-state index contributed by atoms with van der Waals surface area (Å²) in [5, 5.41) is 1.26. The van der Waals surface area contributed by atoms with Gasteiger partial charge in [0.1, 0.15) is 0 Å². The highest BCUT2D eigenvalue weighted by molar-refractivity contribution is 9.09. The van der Waals surface area contributed by atoms with Gasteiger partial charge in [-0.1, -0.05) is 73.7 Å². The van der Waals surface area contributed by atoms with Crippen molar-refractivity contribution in [3.05, 3.63) is 0 Å². The molecule has 0 saturated heterocycles. The Kier molecular flexibility index (Phi) is 5.00. The SMILES string of the molecule is BrCC(CC1CCCCC1)C1CCCC1. The lowest BCUT2D eigenvalue weighted by atomic mass is 9.79. The Morgan fingerprint density at radius 1 is 0.867 bits per heavy atom. The standard InChI is InChI=1S/C14H25Br/c15-11-14(13-8-4-5-9-13)10-12-6-2-1-3-7-12/h12-14H,1-11H2. The quantitative estimate of drug-likeness (QED) is 0.621. The van der Waals surface area contributed by atoms with Crippen LogP contribution in [-0.2, 0) is 0 Å². The maximum atomic E-state index is 3.75. The second kappa shape index (κ2) is 6.27. The average Bonchev–Trinajstić information content (AvgIpc) is 2.81. The van der Waals surface area contributed by atoms with E-state index < -0.39 is 0 Å². The van der Waals surface area contributed by atoms with E-state index in [0.29, 0.717) is 0 Å². The van der Waals surface area contributed by atoms with Gasteiger partial charge < -0.3 is 0 Å². The van der Waals surface area contributed by atoms with Gasteiger partial charge in [0, 0.05) is 5.33 Å². The number of hydrogen-bond acceptors (Lipinski definition) is 0. The van der Waals surface area contributed by atoms with Gasteiger partial charge >= 0.3 is 0 Å². The van der Waals surface area contributed by atoms with Crippen LogP contribution in [-0.4, -0.2) is 5.33 Å². The molecule has 0 N–H and O–H groups in total. The van der Waals surface area contributed by atoms with E-state index in [1.165, 1.54) is 69.5 Å². The van der Waals surface area contributed by atoms with Crippen LogP contribution in [0.15, 0.2) is 0 Å². The van der Waals surface area contributed by atoms with E-state index in [4.69, 9.17) is 0 Å². The number of rotatable bonds is 4. The van der Waals surface area contributed by atoms with E-state index >= 15 is 0 Å². The van der Waals surface area contributed by atoms with Crippen molar-refractivity contribution in [1.29, 1.82) is 0 Å². The van der Waals surface area contributed by atoms with Gasteiger partial charge in [0.15, 0.2) is 0 Å². The molecule has 15 heavy (non-hydrogen) atoms. The highest BCUT2D eigenvalue weighted by Crippen LogP contribution is 2.38. The largest absolute Gasteiger partial charge is 0.0925 e. The summed E-state index contributed by atoms with van der Waals surface area (Å²) in [6, 6.07) is 0. The Hall–Kier alpha value is 0.480. The van der Waals surface area contributed by atoms with Crippen LogP contribution in [0, 0.1) is 17.8 Å². The lowest BCUT2D eigenvalue weighted by Gasteiger charge is -2.28. The zero-order chi connectivity index (χ0) is 10.5. The van der Waals surface area contributed by atoms with Crippen LogP contribution >= 0.6 is 15.9 Å². The molecule has 2 fully saturated rings. The molecule has 1 atom stereocenters. The fraction of sp³-hybridized carbons (Fsp3) is 1.00. The summed E-state index contributed by atoms with van der Waals surface area (Å²) in [7, 11) is 0. The number of alkyl halides is 1. The topological polar surface area (TPSA) is 0 Å². The molecule has 0 nitrogen and oxygen atoms in total. The molecule has 0 aromatic heterocycles. The van der Waals surface area contributed by atoms with Gasteiger partial charge in [0.05, 0.1) is 0 Å². The van der Waals surface area contributed by atoms with Gasteiger partial charge in [-0.25, -0.2) is 0 Å². The molecule has 2 saturated carbocycles. The van der Waals surface area contributed by atoms with Gasteiger partial charge in [-0.3, -0.25) is 0 Å². The van der Waals surface area contributed by atoms with Crippen molar-refractivity contribution in [3.8, 4) is 0 Å². The molecule has 0 spiro atoms. The fourth-order valence-corrected chi connectivity index (χ4v) is 4.45. The van der Waals surface area contributed by atoms with E-state index in [1.54, 1.807) is 0 Å². The molecule has 0 radical (unpaired) electrons. The Balaban J connectivity index is 1.78. The second-order valence-corrected chi connectivity index (χ2v) is 6.35. The molecule has 1 unspecified atom stereocenters. The molecular weight excluding hydrogens is 248 g/mol. The van der Waals surface area contributed by atoms with Crippen LogP contribution in [0.4, 0.5) is 0 Å². The third kappa shape index (κ3) is 3.47. The lowest BCUT2D eigenvalue weighted by Crippen LogP contribution is -2.19. The highest BCUT2D eigenvalue weighted by Gasteiger charge is 2.27. The van der Waals surface area contributed by atoms with E-state index in [0.717, 1.165) is 17.8 Å². The van der Waals surface area contributed by atoms with E-state index in [-0.39, 0.29) is 0 Å². The number of hydrogen-bond donors (Lipinski definition) is 0. The molecule has 2 aliphatic rings. The second-order valence-electron chi connectivity index (χ2n) is 5.70. The molecule has 0 aromatic carbocycles. The Labute approximate surface area is 103 Å². The van der Waals surface area contributed by atoms with Crippen molar-refractivity contribution in [2.75, 3.05) is 5.33 Å². The van der Waals surface area contributed by atoms with Crippen molar-refractivity contribution < 1.29 is 0 Å². The van der Waals surface area contributed by atoms with Crippen molar-refractivity contribution in [2.45, 2.75) is 64.2 Å². The van der Waals surface area contributed by atoms with Crippen molar-refractivity contribution in [2.24, 2.45) is 17.8 Å². The zero-order valence-corrected chi connectivity index (χ0v) is 11.5. The molecule has 1 heteroatoms. The molecule has 2 rings (SSSR count). The van der Waals surface area contributed by atoms with Crippen molar-refractivity contribution in [1.82, 2.24) is 0 Å². The van der Waals surface area contributed by atoms with Crippen LogP contribution in [0.1, 0.15) is 64.2 Å². The highest BCUT2D eigenvalue weighted by atomic mass is 79.9. The number of halogens is 1. The van der Waals surface area contributed by atoms with Crippen LogP contribution in [0.5, 0.6) is 0 Å². The maximum absolute atomic E-state index is 3.75. The molecule has 0 amide bonds. The minimum Gasteiger partial charge on any atom is -0.0925 e. The van der Waals surface area contributed by atoms with Gasteiger partial charge in [-0.15, -0.1) is 0 Å². The summed E-state index contributed by atoms with van der Waals surface area (Å²) in [5.74, 6) is 3.13. The normalized spacial score (nSPS) is 27.0. The third-order valence-corrected chi connectivity index (χ3v) is 5.46. The predicted octanol–water partition coefficient (Wildman–Crippen LogP) is 5.16. The molecule has 0 aromatic rings. The summed E-state index contributed by atoms with van der Waals surface area (Å²) in [6.45, 7) is 0. The van der Waals surface area contributed by atoms with Crippen LogP contribution < -0.4 is 0 Å². The first-order chi connectivity index (χ1) is 7.40.